The highest BCUT2D eigenvalue weighted by atomic mass is 32.2. The van der Waals surface area contributed by atoms with Crippen molar-refractivity contribution >= 4 is 29.4 Å². The molecule has 1 aromatic carbocycles. The lowest BCUT2D eigenvalue weighted by molar-refractivity contribution is -0.141. The molecule has 0 aromatic heterocycles. The van der Waals surface area contributed by atoms with E-state index in [1.165, 1.54) is 11.8 Å². The molecule has 0 fully saturated rings. The summed E-state index contributed by atoms with van der Waals surface area (Å²) in [6.07, 6.45) is 3.12. The quantitative estimate of drug-likeness (QED) is 0.646. The zero-order valence-corrected chi connectivity index (χ0v) is 13.4. The summed E-state index contributed by atoms with van der Waals surface area (Å²) in [5.41, 5.74) is 0.631. The number of hydrogen-bond donors (Lipinski definition) is 2. The van der Waals surface area contributed by atoms with Crippen LogP contribution in [0.25, 0.3) is 0 Å². The van der Waals surface area contributed by atoms with E-state index in [2.05, 4.69) is 5.32 Å². The molecule has 0 heterocycles. The van der Waals surface area contributed by atoms with Crippen LogP contribution in [0.15, 0.2) is 30.3 Å². The van der Waals surface area contributed by atoms with Crippen LogP contribution in [0.1, 0.15) is 36.0 Å². The number of amides is 1. The minimum Gasteiger partial charge on any atom is -0.480 e. The number of carbonyl (C=O) groups excluding carboxylic acids is 2. The van der Waals surface area contributed by atoms with Crippen LogP contribution < -0.4 is 5.32 Å². The summed E-state index contributed by atoms with van der Waals surface area (Å²) in [6, 6.07) is 8.05. The molecular formula is C16H21NO4S. The molecule has 1 rings (SSSR count). The molecule has 2 N–H and O–H groups in total. The van der Waals surface area contributed by atoms with Crippen molar-refractivity contribution in [2.45, 2.75) is 31.7 Å². The van der Waals surface area contributed by atoms with Gasteiger partial charge in [0.15, 0.2) is 5.78 Å². The first kappa shape index (κ1) is 18.2. The molecule has 1 atom stereocenters. The Balaban J connectivity index is 2.33. The number of nitrogens with one attached hydrogen (secondary N) is 1. The van der Waals surface area contributed by atoms with Gasteiger partial charge in [0.25, 0.3) is 0 Å². The van der Waals surface area contributed by atoms with Gasteiger partial charge in [-0.25, -0.2) is 4.79 Å². The van der Waals surface area contributed by atoms with E-state index in [1.54, 1.807) is 24.3 Å². The summed E-state index contributed by atoms with van der Waals surface area (Å²) in [4.78, 5) is 34.6. The average Bonchev–Trinajstić information content (AvgIpc) is 2.51. The van der Waals surface area contributed by atoms with E-state index in [-0.39, 0.29) is 24.5 Å². The van der Waals surface area contributed by atoms with Gasteiger partial charge in [-0.3, -0.25) is 9.59 Å². The van der Waals surface area contributed by atoms with Gasteiger partial charge in [-0.2, -0.15) is 11.8 Å². The molecule has 6 heteroatoms. The summed E-state index contributed by atoms with van der Waals surface area (Å²) in [6.45, 7) is 0. The molecule has 0 aliphatic heterocycles. The van der Waals surface area contributed by atoms with Crippen molar-refractivity contribution in [3.63, 3.8) is 0 Å². The van der Waals surface area contributed by atoms with Gasteiger partial charge in [0.1, 0.15) is 6.04 Å². The summed E-state index contributed by atoms with van der Waals surface area (Å²) in [7, 11) is 0. The van der Waals surface area contributed by atoms with E-state index in [0.29, 0.717) is 24.2 Å². The minimum atomic E-state index is -1.03. The highest BCUT2D eigenvalue weighted by Gasteiger charge is 2.19. The van der Waals surface area contributed by atoms with Gasteiger partial charge in [-0.1, -0.05) is 30.3 Å². The predicted octanol–water partition coefficient (Wildman–Crippen LogP) is 2.36. The van der Waals surface area contributed by atoms with Gasteiger partial charge in [-0.05, 0) is 24.9 Å². The first-order chi connectivity index (χ1) is 10.5. The van der Waals surface area contributed by atoms with Gasteiger partial charge < -0.3 is 10.4 Å². The fourth-order valence-electron chi connectivity index (χ4n) is 1.94. The molecular weight excluding hydrogens is 302 g/mol. The summed E-state index contributed by atoms with van der Waals surface area (Å²) >= 11 is 1.53. The molecule has 0 aliphatic rings. The highest BCUT2D eigenvalue weighted by Crippen LogP contribution is 2.07. The monoisotopic (exact) mass is 323 g/mol. The maximum absolute atomic E-state index is 11.9. The van der Waals surface area contributed by atoms with Gasteiger partial charge in [0, 0.05) is 18.4 Å². The van der Waals surface area contributed by atoms with E-state index in [1.807, 2.05) is 12.3 Å². The van der Waals surface area contributed by atoms with Crippen molar-refractivity contribution in [3.8, 4) is 0 Å². The molecule has 0 saturated carbocycles. The minimum absolute atomic E-state index is 0.00873. The third-order valence-electron chi connectivity index (χ3n) is 3.15. The number of carbonyl (C=O) groups is 3. The number of benzene rings is 1. The van der Waals surface area contributed by atoms with E-state index in [0.717, 1.165) is 0 Å². The number of carboxylic acid groups (broad SMARTS) is 1. The van der Waals surface area contributed by atoms with Crippen molar-refractivity contribution in [1.29, 1.82) is 0 Å². The SMILES string of the molecule is CSCCC(NC(=O)CCCC(=O)c1ccccc1)C(=O)O. The number of rotatable bonds is 10. The number of Topliss-reactive ketones (excluding diaryl/α,β-unsaturated/α-hetero) is 1. The molecule has 0 aliphatic carbocycles. The predicted molar refractivity (Wildman–Crippen MR) is 87.2 cm³/mol. The van der Waals surface area contributed by atoms with E-state index in [4.69, 9.17) is 5.11 Å². The molecule has 1 unspecified atom stereocenters. The fourth-order valence-corrected chi connectivity index (χ4v) is 2.41. The van der Waals surface area contributed by atoms with E-state index >= 15 is 0 Å². The molecule has 22 heavy (non-hydrogen) atoms. The summed E-state index contributed by atoms with van der Waals surface area (Å²) in [5, 5.41) is 11.5. The number of thioether (sulfide) groups is 1. The molecule has 0 spiro atoms. The second kappa shape index (κ2) is 10.00. The van der Waals surface area contributed by atoms with Crippen LogP contribution in [0, 0.1) is 0 Å². The van der Waals surface area contributed by atoms with E-state index in [9.17, 15) is 14.4 Å². The maximum Gasteiger partial charge on any atom is 0.326 e. The maximum atomic E-state index is 11.9. The molecule has 1 amide bonds. The highest BCUT2D eigenvalue weighted by molar-refractivity contribution is 7.98. The normalized spacial score (nSPS) is 11.7. The standard InChI is InChI=1S/C16H21NO4S/c1-22-11-10-13(16(20)21)17-15(19)9-5-8-14(18)12-6-3-2-4-7-12/h2-4,6-7,13H,5,8-11H2,1H3,(H,17,19)(H,20,21). The van der Waals surface area contributed by atoms with Crippen LogP contribution in [-0.4, -0.2) is 40.8 Å². The molecule has 0 bridgehead atoms. The van der Waals surface area contributed by atoms with Crippen molar-refractivity contribution in [1.82, 2.24) is 5.32 Å². The van der Waals surface area contributed by atoms with Crippen LogP contribution in [0.4, 0.5) is 0 Å². The summed E-state index contributed by atoms with van der Waals surface area (Å²) < 4.78 is 0. The first-order valence-electron chi connectivity index (χ1n) is 7.14. The lowest BCUT2D eigenvalue weighted by atomic mass is 10.1. The fraction of sp³-hybridized carbons (Fsp3) is 0.438. The lowest BCUT2D eigenvalue weighted by Crippen LogP contribution is -2.41. The molecule has 5 nitrogen and oxygen atoms in total. The number of carboxylic acids is 1. The first-order valence-corrected chi connectivity index (χ1v) is 8.53. The molecule has 0 saturated heterocycles. The van der Waals surface area contributed by atoms with Crippen molar-refractivity contribution < 1.29 is 19.5 Å². The van der Waals surface area contributed by atoms with Crippen molar-refractivity contribution in [3.05, 3.63) is 35.9 Å². The molecule has 1 aromatic rings. The second-order valence-electron chi connectivity index (χ2n) is 4.88. The van der Waals surface area contributed by atoms with Gasteiger partial charge in [0.2, 0.25) is 5.91 Å². The van der Waals surface area contributed by atoms with Gasteiger partial charge in [0.05, 0.1) is 0 Å². The topological polar surface area (TPSA) is 83.5 Å². The van der Waals surface area contributed by atoms with Gasteiger partial charge in [-0.15, -0.1) is 0 Å². The third-order valence-corrected chi connectivity index (χ3v) is 3.79. The Labute approximate surface area is 134 Å². The molecule has 0 radical (unpaired) electrons. The van der Waals surface area contributed by atoms with Crippen LogP contribution in [0.3, 0.4) is 0 Å². The Morgan fingerprint density at radius 3 is 2.45 bits per heavy atom. The Hall–Kier alpha value is -1.82. The number of aliphatic carboxylic acids is 1. The van der Waals surface area contributed by atoms with Crippen LogP contribution in [-0.2, 0) is 9.59 Å². The van der Waals surface area contributed by atoms with Crippen LogP contribution >= 0.6 is 11.8 Å². The smallest absolute Gasteiger partial charge is 0.326 e. The zero-order valence-electron chi connectivity index (χ0n) is 12.6. The Bertz CT molecular complexity index is 504. The average molecular weight is 323 g/mol. The Morgan fingerprint density at radius 1 is 1.18 bits per heavy atom. The third kappa shape index (κ3) is 6.76. The molecule has 120 valence electrons. The second-order valence-corrected chi connectivity index (χ2v) is 5.87. The largest absolute Gasteiger partial charge is 0.480 e. The zero-order chi connectivity index (χ0) is 16.4. The number of hydrogen-bond acceptors (Lipinski definition) is 4. The van der Waals surface area contributed by atoms with Crippen molar-refractivity contribution in [2.75, 3.05) is 12.0 Å². The van der Waals surface area contributed by atoms with Gasteiger partial charge >= 0.3 is 5.97 Å². The number of ketones is 1. The van der Waals surface area contributed by atoms with Crippen molar-refractivity contribution in [2.24, 2.45) is 0 Å². The van der Waals surface area contributed by atoms with E-state index < -0.39 is 12.0 Å². The van der Waals surface area contributed by atoms with Crippen LogP contribution in [0.2, 0.25) is 0 Å². The lowest BCUT2D eigenvalue weighted by Gasteiger charge is -2.13. The summed E-state index contributed by atoms with van der Waals surface area (Å²) in [5.74, 6) is -0.688. The Kier molecular flexibility index (Phi) is 8.28. The van der Waals surface area contributed by atoms with Crippen LogP contribution in [0.5, 0.6) is 0 Å². The Morgan fingerprint density at radius 2 is 1.86 bits per heavy atom.